The minimum atomic E-state index is 1.15. The molecule has 1 nitrogen and oxygen atoms in total. The first-order valence-corrected chi connectivity index (χ1v) is 15.0. The van der Waals surface area contributed by atoms with Crippen molar-refractivity contribution >= 4 is 53.9 Å². The van der Waals surface area contributed by atoms with Crippen molar-refractivity contribution in [3.8, 4) is 28.2 Å². The van der Waals surface area contributed by atoms with E-state index in [1.54, 1.807) is 0 Å². The van der Waals surface area contributed by atoms with E-state index in [1.165, 1.54) is 81.9 Å². The normalized spacial score (nSPS) is 11.8. The molecule has 0 saturated carbocycles. The number of hydrogen-bond acceptors (Lipinski definition) is 0. The molecule has 200 valence electrons. The standard InChI is InChI=1S/C42H28N/c1-27-25-35-31-21-11-13-23-33(31)38-40-37(35)36(26-27)32-22-12-14-24-34(32)39(40)42(29-17-7-3-8-18-29)43(30-19-9-4-10-20-30)41(38)28-15-5-2-6-16-28/h2-26H,1H3/q+1. The fourth-order valence-electron chi connectivity index (χ4n) is 7.40. The summed E-state index contributed by atoms with van der Waals surface area (Å²) in [5.41, 5.74) is 7.27. The van der Waals surface area contributed by atoms with Crippen LogP contribution in [0.25, 0.3) is 82.1 Å². The summed E-state index contributed by atoms with van der Waals surface area (Å²) in [7, 11) is 0. The molecule has 0 radical (unpaired) electrons. The Morgan fingerprint density at radius 2 is 0.744 bits per heavy atom. The van der Waals surface area contributed by atoms with Crippen LogP contribution >= 0.6 is 0 Å². The molecule has 0 aliphatic carbocycles. The number of pyridine rings is 1. The molecule has 8 aromatic carbocycles. The molecule has 0 amide bonds. The first-order chi connectivity index (χ1) is 21.3. The highest BCUT2D eigenvalue weighted by atomic mass is 15.0. The van der Waals surface area contributed by atoms with Gasteiger partial charge < -0.3 is 0 Å². The van der Waals surface area contributed by atoms with Gasteiger partial charge in [-0.2, -0.15) is 4.57 Å². The second-order valence-corrected chi connectivity index (χ2v) is 11.6. The quantitative estimate of drug-likeness (QED) is 0.118. The van der Waals surface area contributed by atoms with E-state index in [0.29, 0.717) is 0 Å². The molecule has 0 aliphatic heterocycles. The minimum absolute atomic E-state index is 1.15. The molecule has 1 heterocycles. The van der Waals surface area contributed by atoms with E-state index in [4.69, 9.17) is 0 Å². The topological polar surface area (TPSA) is 3.88 Å². The maximum Gasteiger partial charge on any atom is 0.227 e. The number of rotatable bonds is 3. The van der Waals surface area contributed by atoms with Gasteiger partial charge in [-0.25, -0.2) is 0 Å². The number of fused-ring (bicyclic) bond motifs is 6. The summed E-state index contributed by atoms with van der Waals surface area (Å²) in [5.74, 6) is 0. The fraction of sp³-hybridized carbons (Fsp3) is 0.0238. The molecule has 9 aromatic rings. The van der Waals surface area contributed by atoms with E-state index >= 15 is 0 Å². The number of benzene rings is 8. The highest BCUT2D eigenvalue weighted by Crippen LogP contribution is 2.49. The lowest BCUT2D eigenvalue weighted by molar-refractivity contribution is -0.569. The lowest BCUT2D eigenvalue weighted by atomic mass is 9.82. The number of hydrogen-bond donors (Lipinski definition) is 0. The molecule has 0 unspecified atom stereocenters. The van der Waals surface area contributed by atoms with E-state index in [-0.39, 0.29) is 0 Å². The number of aromatic nitrogens is 1. The Kier molecular flexibility index (Phi) is 5.18. The largest absolute Gasteiger partial charge is 0.227 e. The molecule has 43 heavy (non-hydrogen) atoms. The zero-order valence-electron chi connectivity index (χ0n) is 23.9. The van der Waals surface area contributed by atoms with Gasteiger partial charge in [0.1, 0.15) is 0 Å². The van der Waals surface area contributed by atoms with Crippen molar-refractivity contribution in [2.24, 2.45) is 0 Å². The van der Waals surface area contributed by atoms with Gasteiger partial charge >= 0.3 is 0 Å². The van der Waals surface area contributed by atoms with Gasteiger partial charge in [0.2, 0.25) is 17.1 Å². The van der Waals surface area contributed by atoms with Crippen molar-refractivity contribution in [2.45, 2.75) is 6.92 Å². The summed E-state index contributed by atoms with van der Waals surface area (Å²) >= 11 is 0. The Bertz CT molecular complexity index is 2330. The van der Waals surface area contributed by atoms with Crippen molar-refractivity contribution in [1.29, 1.82) is 0 Å². The van der Waals surface area contributed by atoms with Gasteiger partial charge in [-0.3, -0.25) is 0 Å². The Morgan fingerprint density at radius 3 is 1.21 bits per heavy atom. The van der Waals surface area contributed by atoms with E-state index in [9.17, 15) is 0 Å². The third-order valence-corrected chi connectivity index (χ3v) is 9.04. The smallest absolute Gasteiger partial charge is 0.152 e. The second-order valence-electron chi connectivity index (χ2n) is 11.6. The molecule has 0 atom stereocenters. The van der Waals surface area contributed by atoms with Crippen LogP contribution in [-0.2, 0) is 0 Å². The summed E-state index contributed by atoms with van der Waals surface area (Å²) in [6, 6.07) is 55.6. The van der Waals surface area contributed by atoms with Crippen LogP contribution in [0.3, 0.4) is 0 Å². The molecule has 1 heteroatoms. The predicted octanol–water partition coefficient (Wildman–Crippen LogP) is 10.8. The summed E-state index contributed by atoms with van der Waals surface area (Å²) in [6.45, 7) is 2.23. The van der Waals surface area contributed by atoms with E-state index in [1.807, 2.05) is 0 Å². The lowest BCUT2D eigenvalue weighted by Crippen LogP contribution is -2.37. The average molecular weight is 547 g/mol. The van der Waals surface area contributed by atoms with Crippen molar-refractivity contribution < 1.29 is 4.57 Å². The molecule has 0 aliphatic rings. The van der Waals surface area contributed by atoms with Crippen molar-refractivity contribution in [1.82, 2.24) is 0 Å². The van der Waals surface area contributed by atoms with Gasteiger partial charge in [0.15, 0.2) is 0 Å². The SMILES string of the molecule is Cc1cc2c3ccccc3c3c(-c4ccccc4)[n+](-c4ccccc4)c(-c4ccccc4)c4c5ccccc5c(c1)c2c34. The van der Waals surface area contributed by atoms with Crippen LogP contribution in [0.15, 0.2) is 152 Å². The molecule has 0 bridgehead atoms. The number of aryl methyl sites for hydroxylation is 1. The Labute approximate surface area is 250 Å². The van der Waals surface area contributed by atoms with Gasteiger partial charge in [-0.05, 0) is 74.5 Å². The van der Waals surface area contributed by atoms with E-state index in [0.717, 1.165) is 5.69 Å². The van der Waals surface area contributed by atoms with Gasteiger partial charge in [0.05, 0.1) is 10.8 Å². The Balaban J connectivity index is 1.73. The van der Waals surface area contributed by atoms with E-state index in [2.05, 4.69) is 163 Å². The average Bonchev–Trinajstić information content (AvgIpc) is 3.08. The molecule has 0 N–H and O–H groups in total. The van der Waals surface area contributed by atoms with Crippen molar-refractivity contribution in [2.75, 3.05) is 0 Å². The lowest BCUT2D eigenvalue weighted by Gasteiger charge is -2.22. The number of nitrogens with zero attached hydrogens (tertiary/aromatic N) is 1. The zero-order chi connectivity index (χ0) is 28.5. The van der Waals surface area contributed by atoms with Crippen molar-refractivity contribution in [3.63, 3.8) is 0 Å². The predicted molar refractivity (Wildman–Crippen MR) is 182 cm³/mol. The highest BCUT2D eigenvalue weighted by molar-refractivity contribution is 6.42. The first kappa shape index (κ1) is 24.1. The van der Waals surface area contributed by atoms with Crippen LogP contribution < -0.4 is 4.57 Å². The molecule has 1 aromatic heterocycles. The monoisotopic (exact) mass is 546 g/mol. The third-order valence-electron chi connectivity index (χ3n) is 9.04. The van der Waals surface area contributed by atoms with Gasteiger partial charge in [0.25, 0.3) is 0 Å². The molecular weight excluding hydrogens is 518 g/mol. The van der Waals surface area contributed by atoms with Crippen molar-refractivity contribution in [3.05, 3.63) is 157 Å². The second kappa shape index (κ2) is 9.24. The van der Waals surface area contributed by atoms with Crippen LogP contribution in [-0.4, -0.2) is 0 Å². The Morgan fingerprint density at radius 1 is 0.349 bits per heavy atom. The van der Waals surface area contributed by atoms with Crippen LogP contribution in [0.5, 0.6) is 0 Å². The maximum absolute atomic E-state index is 2.52. The summed E-state index contributed by atoms with van der Waals surface area (Å²) in [6.07, 6.45) is 0. The molecule has 0 fully saturated rings. The summed E-state index contributed by atoms with van der Waals surface area (Å²) < 4.78 is 2.52. The number of para-hydroxylation sites is 1. The molecule has 9 rings (SSSR count). The molecule has 0 saturated heterocycles. The van der Waals surface area contributed by atoms with Crippen LogP contribution in [0.4, 0.5) is 0 Å². The van der Waals surface area contributed by atoms with Gasteiger partial charge in [-0.15, -0.1) is 0 Å². The first-order valence-electron chi connectivity index (χ1n) is 15.0. The van der Waals surface area contributed by atoms with Gasteiger partial charge in [-0.1, -0.05) is 115 Å². The third kappa shape index (κ3) is 3.43. The Hall–Kier alpha value is -5.53. The molecular formula is C42H28N+. The van der Waals surface area contributed by atoms with Crippen LogP contribution in [0, 0.1) is 6.92 Å². The highest BCUT2D eigenvalue weighted by Gasteiger charge is 2.33. The van der Waals surface area contributed by atoms with Crippen LogP contribution in [0.2, 0.25) is 0 Å². The van der Waals surface area contributed by atoms with E-state index < -0.39 is 0 Å². The zero-order valence-corrected chi connectivity index (χ0v) is 23.9. The molecule has 0 spiro atoms. The summed E-state index contributed by atoms with van der Waals surface area (Å²) in [4.78, 5) is 0. The minimum Gasteiger partial charge on any atom is -0.152 e. The summed E-state index contributed by atoms with van der Waals surface area (Å²) in [5, 5.41) is 13.1. The fourth-order valence-corrected chi connectivity index (χ4v) is 7.40. The van der Waals surface area contributed by atoms with Crippen LogP contribution in [0.1, 0.15) is 5.56 Å². The maximum atomic E-state index is 2.52. The van der Waals surface area contributed by atoms with Gasteiger partial charge in [0, 0.05) is 28.6 Å².